The van der Waals surface area contributed by atoms with Gasteiger partial charge in [0.05, 0.1) is 22.6 Å². The second-order valence-corrected chi connectivity index (χ2v) is 9.70. The number of aryl methyl sites for hydroxylation is 1. The average molecular weight is 446 g/mol. The van der Waals surface area contributed by atoms with Gasteiger partial charge in [-0.3, -0.25) is 4.72 Å². The molecule has 30 heavy (non-hydrogen) atoms. The quantitative estimate of drug-likeness (QED) is 0.436. The first-order valence-electron chi connectivity index (χ1n) is 9.34. The number of hydrogen-bond acceptors (Lipinski definition) is 4. The molecule has 2 aromatic carbocycles. The molecule has 0 aliphatic carbocycles. The molecule has 0 heterocycles. The topological polar surface area (TPSA) is 64.6 Å². The molecule has 0 aromatic heterocycles. The van der Waals surface area contributed by atoms with Gasteiger partial charge in [-0.2, -0.15) is 13.2 Å². The van der Waals surface area contributed by atoms with Gasteiger partial charge in [-0.15, -0.1) is 0 Å². The number of anilines is 1. The lowest BCUT2D eigenvalue weighted by atomic mass is 10.0. The van der Waals surface area contributed by atoms with Crippen molar-refractivity contribution in [1.29, 1.82) is 0 Å². The van der Waals surface area contributed by atoms with Crippen LogP contribution in [-0.2, 0) is 26.2 Å². The smallest absolute Gasteiger partial charge is 0.279 e. The highest BCUT2D eigenvalue weighted by Crippen LogP contribution is 2.29. The van der Waals surface area contributed by atoms with Gasteiger partial charge in [0, 0.05) is 6.42 Å². The van der Waals surface area contributed by atoms with Crippen molar-refractivity contribution in [3.05, 3.63) is 59.7 Å². The Bertz CT molecular complexity index is 936. The Morgan fingerprint density at radius 2 is 1.60 bits per heavy atom. The van der Waals surface area contributed by atoms with Crippen molar-refractivity contribution in [3.8, 4) is 0 Å². The summed E-state index contributed by atoms with van der Waals surface area (Å²) in [6.07, 6.45) is -7.23. The molecule has 1 N–H and O–H groups in total. The van der Waals surface area contributed by atoms with Crippen LogP contribution in [0.25, 0.3) is 0 Å². The molecule has 0 aliphatic heterocycles. The normalized spacial score (nSPS) is 13.8. The number of rotatable bonds is 8. The molecule has 0 saturated heterocycles. The van der Waals surface area contributed by atoms with Gasteiger partial charge in [-0.1, -0.05) is 35.9 Å². The van der Waals surface area contributed by atoms with Crippen molar-refractivity contribution < 1.29 is 31.4 Å². The third-order valence-corrected chi connectivity index (χ3v) is 5.32. The number of halogens is 3. The maximum absolute atomic E-state index is 13.0. The molecule has 2 rings (SSSR count). The summed E-state index contributed by atoms with van der Waals surface area (Å²) < 4.78 is 66.9. The van der Waals surface area contributed by atoms with E-state index in [1.807, 2.05) is 6.92 Å². The van der Waals surface area contributed by atoms with E-state index in [1.54, 1.807) is 51.1 Å². The highest BCUT2D eigenvalue weighted by Gasteiger charge is 2.34. The Morgan fingerprint density at radius 3 is 2.17 bits per heavy atom. The van der Waals surface area contributed by atoms with Crippen molar-refractivity contribution in [3.63, 3.8) is 0 Å². The Hall–Kier alpha value is -2.10. The van der Waals surface area contributed by atoms with Crippen LogP contribution >= 0.6 is 0 Å². The van der Waals surface area contributed by atoms with Crippen LogP contribution in [0.3, 0.4) is 0 Å². The monoisotopic (exact) mass is 445 g/mol. The molecule has 166 valence electrons. The average Bonchev–Trinajstić information content (AvgIpc) is 2.59. The zero-order valence-corrected chi connectivity index (χ0v) is 18.1. The first-order valence-corrected chi connectivity index (χ1v) is 10.8. The largest absolute Gasteiger partial charge is 0.391 e. The molecular weight excluding hydrogens is 419 g/mol. The third kappa shape index (κ3) is 7.97. The lowest BCUT2D eigenvalue weighted by molar-refractivity contribution is -0.381. The van der Waals surface area contributed by atoms with E-state index in [1.165, 1.54) is 18.2 Å². The van der Waals surface area contributed by atoms with Gasteiger partial charge in [0.2, 0.25) is 0 Å². The maximum atomic E-state index is 13.0. The summed E-state index contributed by atoms with van der Waals surface area (Å²) in [6.45, 7) is 6.80. The molecule has 0 amide bonds. The fourth-order valence-electron chi connectivity index (χ4n) is 2.58. The van der Waals surface area contributed by atoms with E-state index in [-0.39, 0.29) is 17.0 Å². The van der Waals surface area contributed by atoms with E-state index < -0.39 is 34.3 Å². The Labute approximate surface area is 175 Å². The lowest BCUT2D eigenvalue weighted by Gasteiger charge is -2.25. The van der Waals surface area contributed by atoms with Crippen molar-refractivity contribution in [2.75, 3.05) is 4.72 Å². The minimum Gasteiger partial charge on any atom is -0.279 e. The second-order valence-electron chi connectivity index (χ2n) is 8.01. The predicted octanol–water partition coefficient (Wildman–Crippen LogP) is 5.41. The molecule has 1 atom stereocenters. The fourth-order valence-corrected chi connectivity index (χ4v) is 3.68. The van der Waals surface area contributed by atoms with Gasteiger partial charge in [0.25, 0.3) is 10.0 Å². The van der Waals surface area contributed by atoms with Gasteiger partial charge < -0.3 is 0 Å². The Kier molecular flexibility index (Phi) is 7.54. The Morgan fingerprint density at radius 1 is 1.00 bits per heavy atom. The molecule has 5 nitrogen and oxygen atoms in total. The molecular formula is C21H26F3NO4S. The molecule has 0 fully saturated rings. The SMILES string of the molecule is Cc1ccc(S(=O)(=O)Nc2ccccc2CC(CC(F)(F)F)OOC(C)(C)C)cc1. The van der Waals surface area contributed by atoms with Crippen LogP contribution in [0.15, 0.2) is 53.4 Å². The van der Waals surface area contributed by atoms with Gasteiger partial charge in [0.1, 0.15) is 6.10 Å². The lowest BCUT2D eigenvalue weighted by Crippen LogP contribution is -2.29. The molecule has 2 aromatic rings. The van der Waals surface area contributed by atoms with Gasteiger partial charge in [0.15, 0.2) is 0 Å². The van der Waals surface area contributed by atoms with Crippen LogP contribution in [0.1, 0.15) is 38.3 Å². The molecule has 0 aliphatic rings. The van der Waals surface area contributed by atoms with Crippen molar-refractivity contribution in [2.24, 2.45) is 0 Å². The summed E-state index contributed by atoms with van der Waals surface area (Å²) in [5.41, 5.74) is 0.654. The minimum atomic E-state index is -4.47. The standard InChI is InChI=1S/C21H26F3NO4S/c1-15-9-11-18(12-10-15)30(26,27)25-19-8-6-5-7-16(19)13-17(14-21(22,23)24)28-29-20(2,3)4/h5-12,17,25H,13-14H2,1-4H3. The number of para-hydroxylation sites is 1. The zero-order chi connectivity index (χ0) is 22.6. The van der Waals surface area contributed by atoms with E-state index in [4.69, 9.17) is 9.78 Å². The number of benzene rings is 2. The molecule has 0 bridgehead atoms. The minimum absolute atomic E-state index is 0.0575. The number of nitrogens with one attached hydrogen (secondary N) is 1. The predicted molar refractivity (Wildman–Crippen MR) is 109 cm³/mol. The maximum Gasteiger partial charge on any atom is 0.391 e. The fraction of sp³-hybridized carbons (Fsp3) is 0.429. The number of hydrogen-bond donors (Lipinski definition) is 1. The van der Waals surface area contributed by atoms with Crippen molar-refractivity contribution in [2.45, 2.75) is 63.3 Å². The van der Waals surface area contributed by atoms with Crippen LogP contribution in [-0.4, -0.2) is 26.3 Å². The molecule has 9 heteroatoms. The molecule has 0 radical (unpaired) electrons. The van der Waals surface area contributed by atoms with Crippen molar-refractivity contribution in [1.82, 2.24) is 0 Å². The van der Waals surface area contributed by atoms with E-state index >= 15 is 0 Å². The number of sulfonamides is 1. The summed E-state index contributed by atoms with van der Waals surface area (Å²) in [7, 11) is -3.90. The summed E-state index contributed by atoms with van der Waals surface area (Å²) in [6, 6.07) is 12.5. The van der Waals surface area contributed by atoms with Gasteiger partial charge in [-0.25, -0.2) is 18.2 Å². The first-order chi connectivity index (χ1) is 13.8. The van der Waals surface area contributed by atoms with Gasteiger partial charge >= 0.3 is 6.18 Å². The molecule has 0 saturated carbocycles. The Balaban J connectivity index is 2.25. The van der Waals surface area contributed by atoms with E-state index in [2.05, 4.69) is 4.72 Å². The molecule has 0 spiro atoms. The highest BCUT2D eigenvalue weighted by atomic mass is 32.2. The summed E-state index contributed by atoms with van der Waals surface area (Å²) >= 11 is 0. The van der Waals surface area contributed by atoms with Gasteiger partial charge in [-0.05, 0) is 51.5 Å². The van der Waals surface area contributed by atoms with Crippen molar-refractivity contribution >= 4 is 15.7 Å². The van der Waals surface area contributed by atoms with E-state index in [0.717, 1.165) is 5.56 Å². The first kappa shape index (κ1) is 24.2. The zero-order valence-electron chi connectivity index (χ0n) is 17.3. The van der Waals surface area contributed by atoms with Crippen LogP contribution in [0, 0.1) is 6.92 Å². The summed E-state index contributed by atoms with van der Waals surface area (Å²) in [5.74, 6) is 0. The highest BCUT2D eigenvalue weighted by molar-refractivity contribution is 7.92. The third-order valence-electron chi connectivity index (χ3n) is 3.93. The molecule has 1 unspecified atom stereocenters. The van der Waals surface area contributed by atoms with E-state index in [0.29, 0.717) is 5.56 Å². The van der Waals surface area contributed by atoms with Crippen LogP contribution < -0.4 is 4.72 Å². The second kappa shape index (κ2) is 9.36. The number of alkyl halides is 3. The van der Waals surface area contributed by atoms with Crippen LogP contribution in [0.5, 0.6) is 0 Å². The summed E-state index contributed by atoms with van der Waals surface area (Å²) in [5, 5.41) is 0. The van der Waals surface area contributed by atoms with Crippen LogP contribution in [0.2, 0.25) is 0 Å². The van der Waals surface area contributed by atoms with Crippen LogP contribution in [0.4, 0.5) is 18.9 Å². The summed E-state index contributed by atoms with van der Waals surface area (Å²) in [4.78, 5) is 10.2. The van der Waals surface area contributed by atoms with E-state index in [9.17, 15) is 21.6 Å².